The average molecular weight is 396 g/mol. The summed E-state index contributed by atoms with van der Waals surface area (Å²) in [6, 6.07) is 12.0. The van der Waals surface area contributed by atoms with E-state index in [-0.39, 0.29) is 0 Å². The lowest BCUT2D eigenvalue weighted by molar-refractivity contribution is 1.28. The van der Waals surface area contributed by atoms with Gasteiger partial charge in [0.2, 0.25) is 0 Å². The molecule has 0 aliphatic carbocycles. The normalized spacial score (nSPS) is 10.6. The van der Waals surface area contributed by atoms with Crippen LogP contribution in [0.4, 0.5) is 0 Å². The number of aromatic nitrogens is 2. The molecule has 0 fully saturated rings. The van der Waals surface area contributed by atoms with Crippen molar-refractivity contribution in [2.45, 2.75) is 0 Å². The summed E-state index contributed by atoms with van der Waals surface area (Å²) in [6.45, 7) is 0. The van der Waals surface area contributed by atoms with Crippen molar-refractivity contribution in [2.24, 2.45) is 0 Å². The zero-order valence-electron chi connectivity index (χ0n) is 9.68. The lowest BCUT2D eigenvalue weighted by Gasteiger charge is -1.99. The molecule has 0 spiro atoms. The van der Waals surface area contributed by atoms with Gasteiger partial charge in [0.15, 0.2) is 0 Å². The summed E-state index contributed by atoms with van der Waals surface area (Å²) in [7, 11) is 0. The molecule has 0 N–H and O–H groups in total. The second-order valence-corrected chi connectivity index (χ2v) is 6.51. The van der Waals surface area contributed by atoms with Crippen LogP contribution in [0.2, 0.25) is 0 Å². The average Bonchev–Trinajstić information content (AvgIpc) is 2.89. The molecule has 2 nitrogen and oxygen atoms in total. The molecule has 0 saturated heterocycles. The van der Waals surface area contributed by atoms with E-state index in [4.69, 9.17) is 0 Å². The number of thiazole rings is 1. The van der Waals surface area contributed by atoms with E-state index in [1.807, 2.05) is 24.3 Å². The van der Waals surface area contributed by atoms with Gasteiger partial charge in [0.05, 0.1) is 5.69 Å². The zero-order valence-corrected chi connectivity index (χ0v) is 13.7. The standard InChI is InChI=1S/C14H8Br2N2S/c15-10-4-1-3-9(7-10)12-8-19-14(18-12)13-11(16)5-2-6-17-13/h1-8H. The van der Waals surface area contributed by atoms with Crippen LogP contribution in [0, 0.1) is 0 Å². The fourth-order valence-electron chi connectivity index (χ4n) is 1.71. The van der Waals surface area contributed by atoms with Crippen LogP contribution >= 0.6 is 43.2 Å². The van der Waals surface area contributed by atoms with Crippen molar-refractivity contribution in [1.82, 2.24) is 9.97 Å². The van der Waals surface area contributed by atoms with Crippen molar-refractivity contribution in [1.29, 1.82) is 0 Å². The van der Waals surface area contributed by atoms with Gasteiger partial charge in [-0.1, -0.05) is 28.1 Å². The highest BCUT2D eigenvalue weighted by molar-refractivity contribution is 9.10. The molecular weight excluding hydrogens is 388 g/mol. The Morgan fingerprint density at radius 2 is 1.95 bits per heavy atom. The summed E-state index contributed by atoms with van der Waals surface area (Å²) in [6.07, 6.45) is 1.78. The summed E-state index contributed by atoms with van der Waals surface area (Å²) in [4.78, 5) is 9.02. The molecule has 0 unspecified atom stereocenters. The highest BCUT2D eigenvalue weighted by Crippen LogP contribution is 2.32. The van der Waals surface area contributed by atoms with Crippen molar-refractivity contribution < 1.29 is 0 Å². The molecule has 2 aromatic heterocycles. The molecule has 0 aliphatic heterocycles. The van der Waals surface area contributed by atoms with Gasteiger partial charge in [0, 0.05) is 26.1 Å². The topological polar surface area (TPSA) is 25.8 Å². The Balaban J connectivity index is 2.03. The van der Waals surface area contributed by atoms with Gasteiger partial charge in [-0.25, -0.2) is 4.98 Å². The number of nitrogens with zero attached hydrogens (tertiary/aromatic N) is 2. The van der Waals surface area contributed by atoms with E-state index in [0.717, 1.165) is 30.9 Å². The Bertz CT molecular complexity index is 725. The summed E-state index contributed by atoms with van der Waals surface area (Å²) in [5.74, 6) is 0. The van der Waals surface area contributed by atoms with Gasteiger partial charge in [-0.2, -0.15) is 0 Å². The lowest BCUT2D eigenvalue weighted by Crippen LogP contribution is -1.84. The van der Waals surface area contributed by atoms with Crippen molar-refractivity contribution in [3.05, 3.63) is 56.9 Å². The number of hydrogen-bond donors (Lipinski definition) is 0. The Kier molecular flexibility index (Phi) is 3.77. The molecule has 19 heavy (non-hydrogen) atoms. The number of halogens is 2. The highest BCUT2D eigenvalue weighted by atomic mass is 79.9. The summed E-state index contributed by atoms with van der Waals surface area (Å²) < 4.78 is 2.02. The van der Waals surface area contributed by atoms with Crippen molar-refractivity contribution in [3.63, 3.8) is 0 Å². The fourth-order valence-corrected chi connectivity index (χ4v) is 3.52. The first-order chi connectivity index (χ1) is 9.24. The Morgan fingerprint density at radius 3 is 2.74 bits per heavy atom. The molecule has 0 radical (unpaired) electrons. The van der Waals surface area contributed by atoms with Crippen LogP contribution in [-0.2, 0) is 0 Å². The van der Waals surface area contributed by atoms with Crippen LogP contribution in [0.25, 0.3) is 22.0 Å². The van der Waals surface area contributed by atoms with Gasteiger partial charge in [0.1, 0.15) is 10.7 Å². The third kappa shape index (κ3) is 2.78. The van der Waals surface area contributed by atoms with Crippen molar-refractivity contribution in [2.75, 3.05) is 0 Å². The first-order valence-corrected chi connectivity index (χ1v) is 8.03. The van der Waals surface area contributed by atoms with E-state index in [0.29, 0.717) is 0 Å². The molecule has 0 atom stereocenters. The number of benzene rings is 1. The predicted octanol–water partition coefficient (Wildman–Crippen LogP) is 5.40. The second-order valence-electron chi connectivity index (χ2n) is 3.88. The largest absolute Gasteiger partial charge is 0.253 e. The van der Waals surface area contributed by atoms with Gasteiger partial charge < -0.3 is 0 Å². The van der Waals surface area contributed by atoms with Crippen molar-refractivity contribution >= 4 is 43.2 Å². The monoisotopic (exact) mass is 394 g/mol. The SMILES string of the molecule is Brc1cccc(-c2csc(-c3ncccc3Br)n2)c1. The van der Waals surface area contributed by atoms with E-state index in [9.17, 15) is 0 Å². The molecule has 0 bridgehead atoms. The Hall–Kier alpha value is -1.04. The van der Waals surface area contributed by atoms with Crippen LogP contribution in [0.5, 0.6) is 0 Å². The molecule has 3 aromatic rings. The van der Waals surface area contributed by atoms with Gasteiger partial charge in [-0.15, -0.1) is 11.3 Å². The maximum Gasteiger partial charge on any atom is 0.143 e. The lowest BCUT2D eigenvalue weighted by atomic mass is 10.2. The van der Waals surface area contributed by atoms with Crippen LogP contribution in [0.15, 0.2) is 56.9 Å². The van der Waals surface area contributed by atoms with Crippen molar-refractivity contribution in [3.8, 4) is 22.0 Å². The van der Waals surface area contributed by atoms with E-state index >= 15 is 0 Å². The van der Waals surface area contributed by atoms with E-state index in [1.165, 1.54) is 0 Å². The minimum atomic E-state index is 0.883. The van der Waals surface area contributed by atoms with Crippen LogP contribution in [-0.4, -0.2) is 9.97 Å². The number of rotatable bonds is 2. The minimum Gasteiger partial charge on any atom is -0.253 e. The predicted molar refractivity (Wildman–Crippen MR) is 86.2 cm³/mol. The summed E-state index contributed by atoms with van der Waals surface area (Å²) in [5, 5.41) is 2.97. The third-order valence-corrected chi connectivity index (χ3v) is 4.57. The molecule has 3 rings (SSSR count). The number of pyridine rings is 1. The van der Waals surface area contributed by atoms with Gasteiger partial charge >= 0.3 is 0 Å². The van der Waals surface area contributed by atoms with Gasteiger partial charge in [0.25, 0.3) is 0 Å². The van der Waals surface area contributed by atoms with Crippen LogP contribution in [0.3, 0.4) is 0 Å². The first-order valence-electron chi connectivity index (χ1n) is 5.56. The second kappa shape index (κ2) is 5.53. The smallest absolute Gasteiger partial charge is 0.143 e. The van der Waals surface area contributed by atoms with E-state index in [1.54, 1.807) is 17.5 Å². The van der Waals surface area contributed by atoms with Crippen LogP contribution in [0.1, 0.15) is 0 Å². The molecule has 5 heteroatoms. The molecule has 94 valence electrons. The molecule has 0 amide bonds. The quantitative estimate of drug-likeness (QED) is 0.580. The van der Waals surface area contributed by atoms with E-state index in [2.05, 4.69) is 59.3 Å². The molecule has 1 aromatic carbocycles. The molecule has 2 heterocycles. The summed E-state index contributed by atoms with van der Waals surface area (Å²) >= 11 is 8.58. The number of hydrogen-bond acceptors (Lipinski definition) is 3. The first kappa shape index (κ1) is 13.0. The fraction of sp³-hybridized carbons (Fsp3) is 0. The molecule has 0 aliphatic rings. The Morgan fingerprint density at radius 1 is 1.05 bits per heavy atom. The maximum absolute atomic E-state index is 4.66. The maximum atomic E-state index is 4.66. The van der Waals surface area contributed by atoms with Gasteiger partial charge in [-0.3, -0.25) is 4.98 Å². The third-order valence-electron chi connectivity index (χ3n) is 2.59. The zero-order chi connectivity index (χ0) is 13.2. The minimum absolute atomic E-state index is 0.883. The molecular formula is C14H8Br2N2S. The van der Waals surface area contributed by atoms with E-state index < -0.39 is 0 Å². The summed E-state index contributed by atoms with van der Waals surface area (Å²) in [5.41, 5.74) is 2.96. The Labute approximate surface area is 131 Å². The van der Waals surface area contributed by atoms with Gasteiger partial charge in [-0.05, 0) is 40.2 Å². The van der Waals surface area contributed by atoms with Crippen LogP contribution < -0.4 is 0 Å². The molecule has 0 saturated carbocycles. The highest BCUT2D eigenvalue weighted by Gasteiger charge is 2.10.